The van der Waals surface area contributed by atoms with Crippen LogP contribution in [0.15, 0.2) is 88.9 Å². The summed E-state index contributed by atoms with van der Waals surface area (Å²) in [6.07, 6.45) is 1.38. The average molecular weight is 401 g/mol. The van der Waals surface area contributed by atoms with Gasteiger partial charge < -0.3 is 4.74 Å². The van der Waals surface area contributed by atoms with Crippen molar-refractivity contribution < 1.29 is 13.2 Å². The quantitative estimate of drug-likeness (QED) is 0.476. The van der Waals surface area contributed by atoms with Crippen LogP contribution in [0, 0.1) is 0 Å². The summed E-state index contributed by atoms with van der Waals surface area (Å²) in [5, 5.41) is 4.21. The number of halogens is 1. The zero-order valence-corrected chi connectivity index (χ0v) is 15.8. The Labute approximate surface area is 163 Å². The minimum atomic E-state index is -3.69. The van der Waals surface area contributed by atoms with E-state index < -0.39 is 10.0 Å². The summed E-state index contributed by atoms with van der Waals surface area (Å²) in [4.78, 5) is 2.32. The molecular weight excluding hydrogens is 384 g/mol. The van der Waals surface area contributed by atoms with Gasteiger partial charge in [-0.2, -0.15) is 13.5 Å². The van der Waals surface area contributed by atoms with Gasteiger partial charge in [-0.1, -0.05) is 60.1 Å². The zero-order valence-electron chi connectivity index (χ0n) is 14.2. The number of hydrazone groups is 1. The Hall–Kier alpha value is -2.83. The summed E-state index contributed by atoms with van der Waals surface area (Å²) in [6, 6.07) is 22.9. The maximum atomic E-state index is 12.1. The normalized spacial score (nSPS) is 11.4. The molecule has 0 saturated carbocycles. The van der Waals surface area contributed by atoms with Crippen molar-refractivity contribution >= 4 is 27.8 Å². The van der Waals surface area contributed by atoms with Crippen molar-refractivity contribution in [3.8, 4) is 5.75 Å². The van der Waals surface area contributed by atoms with Gasteiger partial charge in [0.25, 0.3) is 10.0 Å². The first-order chi connectivity index (χ1) is 13.0. The maximum absolute atomic E-state index is 12.1. The molecule has 7 heteroatoms. The Morgan fingerprint density at radius 1 is 0.963 bits per heavy atom. The first kappa shape index (κ1) is 18.9. The zero-order chi connectivity index (χ0) is 19.1. The molecule has 3 aromatic carbocycles. The highest BCUT2D eigenvalue weighted by Crippen LogP contribution is 2.25. The largest absolute Gasteiger partial charge is 0.487 e. The van der Waals surface area contributed by atoms with E-state index >= 15 is 0 Å². The van der Waals surface area contributed by atoms with E-state index in [0.717, 1.165) is 5.56 Å². The summed E-state index contributed by atoms with van der Waals surface area (Å²) >= 11 is 6.24. The van der Waals surface area contributed by atoms with Crippen LogP contribution in [-0.4, -0.2) is 14.6 Å². The van der Waals surface area contributed by atoms with Gasteiger partial charge in [0.15, 0.2) is 0 Å². The molecule has 0 aliphatic carbocycles. The second-order valence-corrected chi connectivity index (χ2v) is 7.70. The van der Waals surface area contributed by atoms with Crippen LogP contribution in [0.3, 0.4) is 0 Å². The van der Waals surface area contributed by atoms with Crippen LogP contribution in [0.4, 0.5) is 0 Å². The molecule has 0 saturated heterocycles. The third-order valence-corrected chi connectivity index (χ3v) is 5.17. The van der Waals surface area contributed by atoms with Gasteiger partial charge >= 0.3 is 0 Å². The third-order valence-electron chi connectivity index (χ3n) is 3.63. The Bertz CT molecular complexity index is 1020. The molecule has 0 atom stereocenters. The van der Waals surface area contributed by atoms with Crippen molar-refractivity contribution in [1.29, 1.82) is 0 Å². The first-order valence-electron chi connectivity index (χ1n) is 8.11. The van der Waals surface area contributed by atoms with E-state index in [0.29, 0.717) is 22.9 Å². The fraction of sp³-hybridized carbons (Fsp3) is 0.0500. The van der Waals surface area contributed by atoms with E-state index in [-0.39, 0.29) is 4.90 Å². The monoisotopic (exact) mass is 400 g/mol. The van der Waals surface area contributed by atoms with Crippen molar-refractivity contribution in [1.82, 2.24) is 4.83 Å². The lowest BCUT2D eigenvalue weighted by molar-refractivity contribution is 0.306. The molecule has 0 aromatic heterocycles. The maximum Gasteiger partial charge on any atom is 0.276 e. The second kappa shape index (κ2) is 8.70. The fourth-order valence-corrected chi connectivity index (χ4v) is 3.33. The number of hydrogen-bond acceptors (Lipinski definition) is 4. The second-order valence-electron chi connectivity index (χ2n) is 5.63. The summed E-state index contributed by atoms with van der Waals surface area (Å²) in [7, 11) is -3.69. The van der Waals surface area contributed by atoms with Gasteiger partial charge in [0.05, 0.1) is 16.1 Å². The number of nitrogens with one attached hydrogen (secondary N) is 1. The topological polar surface area (TPSA) is 67.8 Å². The van der Waals surface area contributed by atoms with E-state index in [9.17, 15) is 8.42 Å². The Morgan fingerprint density at radius 3 is 2.30 bits per heavy atom. The first-order valence-corrected chi connectivity index (χ1v) is 9.97. The van der Waals surface area contributed by atoms with Crippen molar-refractivity contribution in [2.24, 2.45) is 5.10 Å². The van der Waals surface area contributed by atoms with Gasteiger partial charge in [-0.15, -0.1) is 0 Å². The van der Waals surface area contributed by atoms with E-state index in [1.165, 1.54) is 18.3 Å². The number of ether oxygens (including phenoxy) is 1. The highest BCUT2D eigenvalue weighted by molar-refractivity contribution is 7.89. The molecule has 27 heavy (non-hydrogen) atoms. The van der Waals surface area contributed by atoms with Gasteiger partial charge in [0, 0.05) is 0 Å². The lowest BCUT2D eigenvalue weighted by Crippen LogP contribution is -2.18. The van der Waals surface area contributed by atoms with Crippen LogP contribution in [0.2, 0.25) is 5.02 Å². The predicted molar refractivity (Wildman–Crippen MR) is 107 cm³/mol. The molecule has 0 fully saturated rings. The summed E-state index contributed by atoms with van der Waals surface area (Å²) in [5.41, 5.74) is 1.68. The van der Waals surface area contributed by atoms with Gasteiger partial charge in [0.2, 0.25) is 0 Å². The number of sulfonamides is 1. The lowest BCUT2D eigenvalue weighted by Gasteiger charge is -2.08. The number of nitrogens with zero attached hydrogens (tertiary/aromatic N) is 1. The highest BCUT2D eigenvalue weighted by atomic mass is 35.5. The Balaban J connectivity index is 1.63. The van der Waals surface area contributed by atoms with Gasteiger partial charge in [-0.3, -0.25) is 0 Å². The van der Waals surface area contributed by atoms with E-state index in [4.69, 9.17) is 16.3 Å². The predicted octanol–water partition coefficient (Wildman–Crippen LogP) is 4.23. The van der Waals surface area contributed by atoms with Crippen LogP contribution in [-0.2, 0) is 16.6 Å². The smallest absolute Gasteiger partial charge is 0.276 e. The van der Waals surface area contributed by atoms with Gasteiger partial charge in [-0.05, 0) is 41.5 Å². The van der Waals surface area contributed by atoms with Crippen molar-refractivity contribution in [3.63, 3.8) is 0 Å². The van der Waals surface area contributed by atoms with E-state index in [2.05, 4.69) is 9.93 Å². The van der Waals surface area contributed by atoms with Crippen LogP contribution in [0.1, 0.15) is 11.1 Å². The molecule has 0 aliphatic heterocycles. The standard InChI is InChI=1S/C20H17ClN2O3S/c21-19-13-17(11-12-20(19)26-15-16-7-3-1-4-8-16)14-22-23-27(24,25)18-9-5-2-6-10-18/h1-14,23H,15H2/b22-14-. The molecule has 0 spiro atoms. The van der Waals surface area contributed by atoms with Crippen LogP contribution in [0.5, 0.6) is 5.75 Å². The lowest BCUT2D eigenvalue weighted by atomic mass is 10.2. The van der Waals surface area contributed by atoms with Crippen LogP contribution < -0.4 is 9.57 Å². The summed E-state index contributed by atoms with van der Waals surface area (Å²) < 4.78 is 29.9. The third kappa shape index (κ3) is 5.32. The molecule has 1 N–H and O–H groups in total. The molecule has 0 aliphatic rings. The molecule has 5 nitrogen and oxygen atoms in total. The van der Waals surface area contributed by atoms with Crippen molar-refractivity contribution in [3.05, 3.63) is 95.0 Å². The fourth-order valence-electron chi connectivity index (χ4n) is 2.27. The molecule has 0 amide bonds. The minimum absolute atomic E-state index is 0.143. The van der Waals surface area contributed by atoms with Crippen LogP contribution in [0.25, 0.3) is 0 Å². The molecular formula is C20H17ClN2O3S. The number of hydrogen-bond donors (Lipinski definition) is 1. The van der Waals surface area contributed by atoms with Crippen molar-refractivity contribution in [2.75, 3.05) is 0 Å². The SMILES string of the molecule is O=S(=O)(N/N=C\c1ccc(OCc2ccccc2)c(Cl)c1)c1ccccc1. The Kier molecular flexibility index (Phi) is 6.11. The minimum Gasteiger partial charge on any atom is -0.487 e. The highest BCUT2D eigenvalue weighted by Gasteiger charge is 2.11. The molecule has 3 rings (SSSR count). The average Bonchev–Trinajstić information content (AvgIpc) is 2.69. The molecule has 0 unspecified atom stereocenters. The van der Waals surface area contributed by atoms with Gasteiger partial charge in [-0.25, -0.2) is 4.83 Å². The van der Waals surface area contributed by atoms with Gasteiger partial charge in [0.1, 0.15) is 12.4 Å². The van der Waals surface area contributed by atoms with E-state index in [1.807, 2.05) is 30.3 Å². The van der Waals surface area contributed by atoms with Crippen LogP contribution >= 0.6 is 11.6 Å². The summed E-state index contributed by atoms with van der Waals surface area (Å²) in [6.45, 7) is 0.408. The van der Waals surface area contributed by atoms with E-state index in [1.54, 1.807) is 36.4 Å². The molecule has 0 radical (unpaired) electrons. The molecule has 0 heterocycles. The molecule has 3 aromatic rings. The molecule has 138 valence electrons. The van der Waals surface area contributed by atoms with Crippen molar-refractivity contribution in [2.45, 2.75) is 11.5 Å². The number of benzene rings is 3. The summed E-state index contributed by atoms with van der Waals surface area (Å²) in [5.74, 6) is 0.544. The Morgan fingerprint density at radius 2 is 1.63 bits per heavy atom. The number of rotatable bonds is 7. The molecule has 0 bridgehead atoms.